The number of benzene rings is 1. The summed E-state index contributed by atoms with van der Waals surface area (Å²) in [5, 5.41) is 3.74. The lowest BCUT2D eigenvalue weighted by Crippen LogP contribution is -2.16. The van der Waals surface area contributed by atoms with E-state index in [4.69, 9.17) is 11.6 Å². The molecule has 0 saturated carbocycles. The van der Waals surface area contributed by atoms with E-state index in [1.807, 2.05) is 6.07 Å². The minimum atomic E-state index is -4.55. The summed E-state index contributed by atoms with van der Waals surface area (Å²) in [5.74, 6) is 0.365. The Kier molecular flexibility index (Phi) is 6.42. The number of fused-ring (bicyclic) bond motifs is 1. The van der Waals surface area contributed by atoms with Gasteiger partial charge >= 0.3 is 6.18 Å². The molecule has 1 unspecified atom stereocenters. The molecular weight excluding hydrogens is 471 g/mol. The van der Waals surface area contributed by atoms with Gasteiger partial charge in [-0.1, -0.05) is 18.5 Å². The molecule has 0 spiro atoms. The maximum Gasteiger partial charge on any atom is 0.417 e. The molecule has 1 amide bonds. The summed E-state index contributed by atoms with van der Waals surface area (Å²) in [4.78, 5) is 14.4. The molecule has 9 heteroatoms. The molecule has 1 atom stereocenters. The van der Waals surface area contributed by atoms with E-state index < -0.39 is 11.7 Å². The monoisotopic (exact) mass is 493 g/mol. The zero-order chi connectivity index (χ0) is 23.9. The molecule has 3 aromatic rings. The first-order valence-electron chi connectivity index (χ1n) is 10.6. The SMILES string of the molecule is Cc1cc(/C=N/NC(=O)c2cc3c(s2)CCC(C)C3)c(C)n1-c1ccc(Cl)c(C(F)(F)F)c1. The number of hydrazone groups is 1. The summed E-state index contributed by atoms with van der Waals surface area (Å²) >= 11 is 7.26. The zero-order valence-corrected chi connectivity index (χ0v) is 20.0. The van der Waals surface area contributed by atoms with Crippen LogP contribution in [-0.4, -0.2) is 16.7 Å². The number of hydrogen-bond acceptors (Lipinski definition) is 3. The quantitative estimate of drug-likeness (QED) is 0.318. The highest BCUT2D eigenvalue weighted by Crippen LogP contribution is 2.36. The normalized spacial score (nSPS) is 16.3. The number of nitrogens with zero attached hydrogens (tertiary/aromatic N) is 2. The van der Waals surface area contributed by atoms with Gasteiger partial charge in [0.15, 0.2) is 0 Å². The van der Waals surface area contributed by atoms with E-state index in [1.165, 1.54) is 34.1 Å². The van der Waals surface area contributed by atoms with E-state index in [-0.39, 0.29) is 10.9 Å². The van der Waals surface area contributed by atoms with Crippen molar-refractivity contribution in [1.82, 2.24) is 9.99 Å². The minimum absolute atomic E-state index is 0.264. The fourth-order valence-electron chi connectivity index (χ4n) is 4.22. The number of nitrogens with one attached hydrogen (secondary N) is 1. The van der Waals surface area contributed by atoms with E-state index in [2.05, 4.69) is 17.5 Å². The Morgan fingerprint density at radius 2 is 2.03 bits per heavy atom. The Labute approximate surface area is 199 Å². The number of aryl methyl sites for hydroxylation is 2. The summed E-state index contributed by atoms with van der Waals surface area (Å²) < 4.78 is 41.5. The van der Waals surface area contributed by atoms with Crippen molar-refractivity contribution in [2.45, 2.75) is 46.2 Å². The van der Waals surface area contributed by atoms with E-state index in [0.29, 0.717) is 27.7 Å². The topological polar surface area (TPSA) is 46.4 Å². The highest BCUT2D eigenvalue weighted by molar-refractivity contribution is 7.14. The first-order valence-corrected chi connectivity index (χ1v) is 11.7. The van der Waals surface area contributed by atoms with Crippen molar-refractivity contribution >= 4 is 35.1 Å². The lowest BCUT2D eigenvalue weighted by molar-refractivity contribution is -0.137. The van der Waals surface area contributed by atoms with Gasteiger partial charge in [-0.2, -0.15) is 18.3 Å². The van der Waals surface area contributed by atoms with Crippen LogP contribution in [0.25, 0.3) is 5.69 Å². The average molecular weight is 494 g/mol. The van der Waals surface area contributed by atoms with Crippen LogP contribution in [0.4, 0.5) is 13.2 Å². The van der Waals surface area contributed by atoms with Crippen LogP contribution in [0.15, 0.2) is 35.4 Å². The number of aromatic nitrogens is 1. The van der Waals surface area contributed by atoms with Gasteiger partial charge in [0.05, 0.1) is 21.7 Å². The van der Waals surface area contributed by atoms with Gasteiger partial charge in [-0.3, -0.25) is 4.79 Å². The third kappa shape index (κ3) is 4.87. The van der Waals surface area contributed by atoms with Crippen LogP contribution < -0.4 is 5.43 Å². The van der Waals surface area contributed by atoms with E-state index in [0.717, 1.165) is 31.0 Å². The average Bonchev–Trinajstić information content (AvgIpc) is 3.28. The third-order valence-corrected chi connectivity index (χ3v) is 7.47. The molecule has 1 N–H and O–H groups in total. The molecule has 1 aliphatic rings. The molecule has 4 nitrogen and oxygen atoms in total. The van der Waals surface area contributed by atoms with Gasteiger partial charge in [0.2, 0.25) is 0 Å². The second kappa shape index (κ2) is 8.99. The Hall–Kier alpha value is -2.58. The molecular formula is C24H23ClF3N3OS. The van der Waals surface area contributed by atoms with Crippen LogP contribution in [0.3, 0.4) is 0 Å². The van der Waals surface area contributed by atoms with Crippen molar-refractivity contribution in [2.24, 2.45) is 11.0 Å². The van der Waals surface area contributed by atoms with Crippen molar-refractivity contribution < 1.29 is 18.0 Å². The smallest absolute Gasteiger partial charge is 0.318 e. The van der Waals surface area contributed by atoms with Crippen LogP contribution in [0.5, 0.6) is 0 Å². The second-order valence-electron chi connectivity index (χ2n) is 8.43. The van der Waals surface area contributed by atoms with Crippen LogP contribution in [0.2, 0.25) is 5.02 Å². The zero-order valence-electron chi connectivity index (χ0n) is 18.4. The number of hydrogen-bond donors (Lipinski definition) is 1. The number of thiophene rings is 1. The number of carbonyl (C=O) groups is 1. The summed E-state index contributed by atoms with van der Waals surface area (Å²) in [6.45, 7) is 5.80. The lowest BCUT2D eigenvalue weighted by atomic mass is 9.90. The molecule has 2 aromatic heterocycles. The Balaban J connectivity index is 1.53. The number of carbonyl (C=O) groups excluding carboxylic acids is 1. The van der Waals surface area contributed by atoms with E-state index in [1.54, 1.807) is 30.5 Å². The molecule has 0 radical (unpaired) electrons. The van der Waals surface area contributed by atoms with Gasteiger partial charge in [0.1, 0.15) is 0 Å². The van der Waals surface area contributed by atoms with Gasteiger partial charge in [0, 0.05) is 27.5 Å². The summed E-state index contributed by atoms with van der Waals surface area (Å²) in [6, 6.07) is 7.57. The van der Waals surface area contributed by atoms with Crippen molar-refractivity contribution in [2.75, 3.05) is 0 Å². The first kappa shape index (κ1) is 23.6. The predicted octanol–water partition coefficient (Wildman–Crippen LogP) is 6.72. The van der Waals surface area contributed by atoms with Crippen LogP contribution in [0.1, 0.15) is 56.0 Å². The van der Waals surface area contributed by atoms with Crippen LogP contribution in [-0.2, 0) is 19.0 Å². The van der Waals surface area contributed by atoms with E-state index in [9.17, 15) is 18.0 Å². The first-order chi connectivity index (χ1) is 15.5. The Morgan fingerprint density at radius 3 is 2.76 bits per heavy atom. The molecule has 0 saturated heterocycles. The lowest BCUT2D eigenvalue weighted by Gasteiger charge is -2.16. The number of amides is 1. The fourth-order valence-corrected chi connectivity index (χ4v) is 5.54. The van der Waals surface area contributed by atoms with Gasteiger partial charge < -0.3 is 4.57 Å². The van der Waals surface area contributed by atoms with Crippen LogP contribution >= 0.6 is 22.9 Å². The number of rotatable bonds is 4. The molecule has 33 heavy (non-hydrogen) atoms. The minimum Gasteiger partial charge on any atom is -0.318 e. The maximum atomic E-state index is 13.3. The molecule has 1 aliphatic carbocycles. The van der Waals surface area contributed by atoms with Crippen molar-refractivity contribution in [1.29, 1.82) is 0 Å². The molecule has 4 rings (SSSR count). The summed E-state index contributed by atoms with van der Waals surface area (Å²) in [5.41, 5.74) is 5.40. The molecule has 0 aliphatic heterocycles. The van der Waals surface area contributed by atoms with Crippen LogP contribution in [0, 0.1) is 19.8 Å². The molecule has 1 aromatic carbocycles. The van der Waals surface area contributed by atoms with Crippen molar-refractivity contribution in [3.05, 3.63) is 73.2 Å². The molecule has 0 fully saturated rings. The highest BCUT2D eigenvalue weighted by Gasteiger charge is 2.33. The Bertz CT molecular complexity index is 1240. The summed E-state index contributed by atoms with van der Waals surface area (Å²) in [6.07, 6.45) is 0.0998. The van der Waals surface area contributed by atoms with E-state index >= 15 is 0 Å². The Morgan fingerprint density at radius 1 is 1.27 bits per heavy atom. The van der Waals surface area contributed by atoms with Gasteiger partial charge in [-0.05, 0) is 74.9 Å². The standard InChI is InChI=1S/C24H23ClF3N3OS/c1-13-4-7-21-16(8-13)10-22(33-21)23(32)30-29-12-17-9-14(2)31(15(17)3)18-5-6-20(25)19(11-18)24(26,27)28/h5-6,9-13H,4,7-8H2,1-3H3,(H,30,32)/b29-12+. The molecule has 2 heterocycles. The molecule has 174 valence electrons. The maximum absolute atomic E-state index is 13.3. The third-order valence-electron chi connectivity index (χ3n) is 5.91. The number of halogens is 4. The van der Waals surface area contributed by atoms with Gasteiger partial charge in [-0.15, -0.1) is 11.3 Å². The van der Waals surface area contributed by atoms with Gasteiger partial charge in [-0.25, -0.2) is 5.43 Å². The molecule has 0 bridgehead atoms. The summed E-state index contributed by atoms with van der Waals surface area (Å²) in [7, 11) is 0. The van der Waals surface area contributed by atoms with Crippen molar-refractivity contribution in [3.8, 4) is 5.69 Å². The fraction of sp³-hybridized carbons (Fsp3) is 0.333. The largest absolute Gasteiger partial charge is 0.417 e. The van der Waals surface area contributed by atoms with Crippen molar-refractivity contribution in [3.63, 3.8) is 0 Å². The number of alkyl halides is 3. The van der Waals surface area contributed by atoms with Gasteiger partial charge in [0.25, 0.3) is 5.91 Å². The predicted molar refractivity (Wildman–Crippen MR) is 126 cm³/mol. The second-order valence-corrected chi connectivity index (χ2v) is 9.97. The highest BCUT2D eigenvalue weighted by atomic mass is 35.5.